The Morgan fingerprint density at radius 2 is 2.25 bits per heavy atom. The van der Waals surface area contributed by atoms with E-state index < -0.39 is 0 Å². The van der Waals surface area contributed by atoms with Gasteiger partial charge in [0.25, 0.3) is 0 Å². The highest BCUT2D eigenvalue weighted by molar-refractivity contribution is 9.10. The average Bonchev–Trinajstić information content (AvgIpc) is 2.91. The second kappa shape index (κ2) is 5.58. The molecule has 1 unspecified atom stereocenters. The summed E-state index contributed by atoms with van der Waals surface area (Å²) >= 11 is 3.41. The van der Waals surface area contributed by atoms with Crippen LogP contribution in [0.15, 0.2) is 47.5 Å². The number of rotatable bonds is 4. The van der Waals surface area contributed by atoms with Gasteiger partial charge >= 0.3 is 0 Å². The molecule has 5 nitrogen and oxygen atoms in total. The minimum atomic E-state index is 0.242. The van der Waals surface area contributed by atoms with Crippen molar-refractivity contribution in [3.63, 3.8) is 0 Å². The number of aromatic nitrogens is 4. The van der Waals surface area contributed by atoms with Crippen molar-refractivity contribution in [2.75, 3.05) is 5.32 Å². The number of pyridine rings is 2. The number of nitrogens with one attached hydrogen (secondary N) is 1. The van der Waals surface area contributed by atoms with Crippen LogP contribution in [0.3, 0.4) is 0 Å². The fraction of sp³-hybridized carbons (Fsp3) is 0.214. The highest BCUT2D eigenvalue weighted by atomic mass is 79.9. The lowest BCUT2D eigenvalue weighted by Crippen LogP contribution is -2.22. The van der Waals surface area contributed by atoms with Gasteiger partial charge in [0.1, 0.15) is 5.52 Å². The molecule has 0 fully saturated rings. The summed E-state index contributed by atoms with van der Waals surface area (Å²) in [6.45, 7) is 2.92. The van der Waals surface area contributed by atoms with Crippen molar-refractivity contribution in [1.82, 2.24) is 19.7 Å². The lowest BCUT2D eigenvalue weighted by molar-refractivity contribution is 0.561. The summed E-state index contributed by atoms with van der Waals surface area (Å²) in [6, 6.07) is 6.08. The van der Waals surface area contributed by atoms with Crippen LogP contribution in [0.2, 0.25) is 0 Å². The van der Waals surface area contributed by atoms with Crippen LogP contribution < -0.4 is 5.32 Å². The molecular formula is C14H14BrN5. The molecule has 1 atom stereocenters. The van der Waals surface area contributed by atoms with Gasteiger partial charge in [-0.3, -0.25) is 14.6 Å². The molecule has 0 aliphatic rings. The summed E-state index contributed by atoms with van der Waals surface area (Å²) in [6.07, 6.45) is 7.32. The van der Waals surface area contributed by atoms with Gasteiger partial charge in [-0.05, 0) is 41.1 Å². The molecule has 102 valence electrons. The number of hydrogen-bond acceptors (Lipinski definition) is 4. The smallest absolute Gasteiger partial charge is 0.112 e. The van der Waals surface area contributed by atoms with E-state index in [4.69, 9.17) is 0 Å². The molecular weight excluding hydrogens is 318 g/mol. The molecule has 3 aromatic heterocycles. The zero-order valence-corrected chi connectivity index (χ0v) is 12.6. The first kappa shape index (κ1) is 13.1. The minimum absolute atomic E-state index is 0.242. The molecule has 20 heavy (non-hydrogen) atoms. The van der Waals surface area contributed by atoms with Gasteiger partial charge in [-0.1, -0.05) is 0 Å². The molecule has 1 N–H and O–H groups in total. The first-order valence-corrected chi connectivity index (χ1v) is 7.16. The van der Waals surface area contributed by atoms with E-state index in [1.807, 2.05) is 29.1 Å². The molecule has 0 spiro atoms. The van der Waals surface area contributed by atoms with Crippen LogP contribution in [0.1, 0.15) is 6.92 Å². The van der Waals surface area contributed by atoms with E-state index in [1.165, 1.54) is 0 Å². The second-order valence-electron chi connectivity index (χ2n) is 4.65. The van der Waals surface area contributed by atoms with E-state index in [0.717, 1.165) is 27.7 Å². The van der Waals surface area contributed by atoms with Crippen LogP contribution in [0.4, 0.5) is 5.69 Å². The Labute approximate surface area is 125 Å². The zero-order chi connectivity index (χ0) is 13.9. The topological polar surface area (TPSA) is 55.6 Å². The molecule has 0 radical (unpaired) electrons. The maximum atomic E-state index is 4.44. The Hall–Kier alpha value is -1.95. The molecule has 0 saturated carbocycles. The molecule has 0 aromatic carbocycles. The highest BCUT2D eigenvalue weighted by Crippen LogP contribution is 2.22. The van der Waals surface area contributed by atoms with E-state index in [2.05, 4.69) is 43.2 Å². The number of nitrogens with zero attached hydrogens (tertiary/aromatic N) is 4. The van der Waals surface area contributed by atoms with Gasteiger partial charge in [0, 0.05) is 35.3 Å². The van der Waals surface area contributed by atoms with E-state index in [1.54, 1.807) is 18.6 Å². The van der Waals surface area contributed by atoms with Gasteiger partial charge in [-0.25, -0.2) is 0 Å². The van der Waals surface area contributed by atoms with Crippen molar-refractivity contribution in [2.24, 2.45) is 0 Å². The van der Waals surface area contributed by atoms with E-state index in [0.29, 0.717) is 0 Å². The van der Waals surface area contributed by atoms with Crippen LogP contribution in [-0.2, 0) is 6.54 Å². The molecule has 3 heterocycles. The van der Waals surface area contributed by atoms with E-state index >= 15 is 0 Å². The summed E-state index contributed by atoms with van der Waals surface area (Å²) in [7, 11) is 0. The van der Waals surface area contributed by atoms with Crippen molar-refractivity contribution in [1.29, 1.82) is 0 Å². The first-order valence-electron chi connectivity index (χ1n) is 6.36. The van der Waals surface area contributed by atoms with Gasteiger partial charge in [0.15, 0.2) is 0 Å². The van der Waals surface area contributed by atoms with Crippen LogP contribution in [0.5, 0.6) is 0 Å². The lowest BCUT2D eigenvalue weighted by atomic mass is 10.2. The van der Waals surface area contributed by atoms with Crippen molar-refractivity contribution < 1.29 is 0 Å². The summed E-state index contributed by atoms with van der Waals surface area (Å²) in [5.41, 5.74) is 2.74. The fourth-order valence-corrected chi connectivity index (χ4v) is 2.44. The third-order valence-corrected chi connectivity index (χ3v) is 3.40. The first-order chi connectivity index (χ1) is 9.72. The third kappa shape index (κ3) is 2.80. The summed E-state index contributed by atoms with van der Waals surface area (Å²) in [5.74, 6) is 0. The third-order valence-electron chi connectivity index (χ3n) is 2.97. The minimum Gasteiger partial charge on any atom is -0.379 e. The Bertz CT molecular complexity index is 711. The Balaban J connectivity index is 1.83. The van der Waals surface area contributed by atoms with E-state index in [9.17, 15) is 0 Å². The Morgan fingerprint density at radius 1 is 1.35 bits per heavy atom. The summed E-state index contributed by atoms with van der Waals surface area (Å²) < 4.78 is 2.84. The number of anilines is 1. The second-order valence-corrected chi connectivity index (χ2v) is 5.57. The molecule has 0 bridgehead atoms. The average molecular weight is 332 g/mol. The summed E-state index contributed by atoms with van der Waals surface area (Å²) in [5, 5.41) is 7.68. The zero-order valence-electron chi connectivity index (χ0n) is 11.0. The Kier molecular flexibility index (Phi) is 3.64. The SMILES string of the molecule is CC(Cn1cccn1)Nc1ccnc2cc(Br)cnc12. The van der Waals surface area contributed by atoms with Gasteiger partial charge in [0.05, 0.1) is 17.7 Å². The standard InChI is InChI=1S/C14H14BrN5/c1-10(9-20-6-2-4-18-20)19-12-3-5-16-13-7-11(15)8-17-14(12)13/h2-8,10H,9H2,1H3,(H,16,19). The normalized spacial score (nSPS) is 12.5. The van der Waals surface area contributed by atoms with E-state index in [-0.39, 0.29) is 6.04 Å². The van der Waals surface area contributed by atoms with Gasteiger partial charge < -0.3 is 5.32 Å². The molecule has 0 saturated heterocycles. The predicted octanol–water partition coefficient (Wildman–Crippen LogP) is 3.09. The quantitative estimate of drug-likeness (QED) is 0.798. The van der Waals surface area contributed by atoms with Crippen LogP contribution in [-0.4, -0.2) is 25.8 Å². The van der Waals surface area contributed by atoms with Crippen molar-refractivity contribution in [3.05, 3.63) is 47.5 Å². The van der Waals surface area contributed by atoms with Crippen molar-refractivity contribution >= 4 is 32.7 Å². The van der Waals surface area contributed by atoms with Crippen molar-refractivity contribution in [2.45, 2.75) is 19.5 Å². The lowest BCUT2D eigenvalue weighted by Gasteiger charge is -2.16. The predicted molar refractivity (Wildman–Crippen MR) is 82.5 cm³/mol. The van der Waals surface area contributed by atoms with Crippen molar-refractivity contribution in [3.8, 4) is 0 Å². The number of hydrogen-bond donors (Lipinski definition) is 1. The Morgan fingerprint density at radius 3 is 3.05 bits per heavy atom. The molecule has 0 aliphatic heterocycles. The molecule has 3 rings (SSSR count). The maximum Gasteiger partial charge on any atom is 0.112 e. The fourth-order valence-electron chi connectivity index (χ4n) is 2.12. The molecule has 0 aliphatic carbocycles. The number of fused-ring (bicyclic) bond motifs is 1. The van der Waals surface area contributed by atoms with Gasteiger partial charge in [0.2, 0.25) is 0 Å². The van der Waals surface area contributed by atoms with Crippen LogP contribution in [0, 0.1) is 0 Å². The molecule has 6 heteroatoms. The largest absolute Gasteiger partial charge is 0.379 e. The summed E-state index contributed by atoms with van der Waals surface area (Å²) in [4.78, 5) is 8.77. The number of halogens is 1. The van der Waals surface area contributed by atoms with Crippen LogP contribution >= 0.6 is 15.9 Å². The van der Waals surface area contributed by atoms with Gasteiger partial charge in [-0.2, -0.15) is 5.10 Å². The molecule has 0 amide bonds. The monoisotopic (exact) mass is 331 g/mol. The maximum absolute atomic E-state index is 4.44. The molecule has 3 aromatic rings. The van der Waals surface area contributed by atoms with Crippen LogP contribution in [0.25, 0.3) is 11.0 Å². The highest BCUT2D eigenvalue weighted by Gasteiger charge is 2.08. The van der Waals surface area contributed by atoms with Gasteiger partial charge in [-0.15, -0.1) is 0 Å².